The van der Waals surface area contributed by atoms with Gasteiger partial charge in [0, 0.05) is 31.4 Å². The van der Waals surface area contributed by atoms with E-state index in [4.69, 9.17) is 0 Å². The lowest BCUT2D eigenvalue weighted by molar-refractivity contribution is -0.118. The Kier molecular flexibility index (Phi) is 4.60. The Morgan fingerprint density at radius 3 is 2.68 bits per heavy atom. The fourth-order valence-electron chi connectivity index (χ4n) is 2.56. The maximum atomic E-state index is 12.5. The van der Waals surface area contributed by atoms with E-state index in [0.29, 0.717) is 18.5 Å². The third-order valence-corrected chi connectivity index (χ3v) is 3.47. The van der Waals surface area contributed by atoms with Crippen LogP contribution in [0.5, 0.6) is 0 Å². The minimum absolute atomic E-state index is 0.0210. The van der Waals surface area contributed by atoms with Crippen molar-refractivity contribution in [2.24, 2.45) is 0 Å². The number of carbonyl (C=O) groups excluding carboxylic acids is 2. The van der Waals surface area contributed by atoms with Gasteiger partial charge >= 0.3 is 0 Å². The summed E-state index contributed by atoms with van der Waals surface area (Å²) in [4.78, 5) is 33.4. The van der Waals surface area contributed by atoms with Crippen molar-refractivity contribution in [3.8, 4) is 0 Å². The molecule has 19 heavy (non-hydrogen) atoms. The van der Waals surface area contributed by atoms with Crippen molar-refractivity contribution < 1.29 is 9.59 Å². The van der Waals surface area contributed by atoms with Crippen LogP contribution in [0.3, 0.4) is 0 Å². The molecule has 1 saturated heterocycles. The topological polar surface area (TPSA) is 63.2 Å². The first-order chi connectivity index (χ1) is 9.18. The summed E-state index contributed by atoms with van der Waals surface area (Å²) < 4.78 is 0. The lowest BCUT2D eigenvalue weighted by Crippen LogP contribution is -2.41. The normalized spacial score (nSPS) is 19.8. The first-order valence-electron chi connectivity index (χ1n) is 6.74. The number of ketones is 1. The van der Waals surface area contributed by atoms with Crippen LogP contribution < -0.4 is 0 Å². The zero-order chi connectivity index (χ0) is 13.7. The summed E-state index contributed by atoms with van der Waals surface area (Å²) in [5.41, 5.74) is 0.498. The number of carbonyl (C=O) groups is 2. The molecule has 0 saturated carbocycles. The molecule has 1 aliphatic rings. The average molecular weight is 261 g/mol. The van der Waals surface area contributed by atoms with Gasteiger partial charge in [-0.15, -0.1) is 0 Å². The van der Waals surface area contributed by atoms with Crippen molar-refractivity contribution in [1.29, 1.82) is 0 Å². The smallest absolute Gasteiger partial charge is 0.257 e. The zero-order valence-electron chi connectivity index (χ0n) is 11.2. The molecule has 0 N–H and O–H groups in total. The minimum atomic E-state index is -0.0613. The van der Waals surface area contributed by atoms with E-state index in [-0.39, 0.29) is 17.7 Å². The Morgan fingerprint density at radius 2 is 2.00 bits per heavy atom. The van der Waals surface area contributed by atoms with Crippen LogP contribution in [0.25, 0.3) is 0 Å². The molecule has 0 aliphatic carbocycles. The molecule has 0 spiro atoms. The standard InChI is InChI=1S/C14H19N3O2/c1-11(18)7-13-5-3-2-4-6-17(13)14(19)12-8-15-10-16-9-12/h8-10,13H,2-7H2,1H3. The molecule has 2 rings (SSSR count). The van der Waals surface area contributed by atoms with Crippen LogP contribution in [0, 0.1) is 0 Å². The van der Waals surface area contributed by atoms with Gasteiger partial charge in [-0.2, -0.15) is 0 Å². The fourth-order valence-corrected chi connectivity index (χ4v) is 2.56. The van der Waals surface area contributed by atoms with Gasteiger partial charge in [0.15, 0.2) is 0 Å². The van der Waals surface area contributed by atoms with E-state index in [0.717, 1.165) is 25.7 Å². The second-order valence-electron chi connectivity index (χ2n) is 5.03. The molecule has 1 unspecified atom stereocenters. The van der Waals surface area contributed by atoms with Gasteiger partial charge in [-0.25, -0.2) is 9.97 Å². The van der Waals surface area contributed by atoms with Crippen LogP contribution in [0.15, 0.2) is 18.7 Å². The summed E-state index contributed by atoms with van der Waals surface area (Å²) in [6.07, 6.45) is 9.01. The monoisotopic (exact) mass is 261 g/mol. The molecular formula is C14H19N3O2. The number of hydrogen-bond donors (Lipinski definition) is 0. The maximum absolute atomic E-state index is 12.5. The number of hydrogen-bond acceptors (Lipinski definition) is 4. The van der Waals surface area contributed by atoms with Crippen LogP contribution in [0.1, 0.15) is 49.4 Å². The van der Waals surface area contributed by atoms with Gasteiger partial charge in [-0.3, -0.25) is 9.59 Å². The summed E-state index contributed by atoms with van der Waals surface area (Å²) in [5, 5.41) is 0. The maximum Gasteiger partial charge on any atom is 0.257 e. The highest BCUT2D eigenvalue weighted by Crippen LogP contribution is 2.21. The lowest BCUT2D eigenvalue weighted by atomic mass is 10.0. The predicted molar refractivity (Wildman–Crippen MR) is 70.6 cm³/mol. The van der Waals surface area contributed by atoms with Crippen molar-refractivity contribution in [3.05, 3.63) is 24.3 Å². The number of nitrogens with zero attached hydrogens (tertiary/aromatic N) is 3. The summed E-state index contributed by atoms with van der Waals surface area (Å²) in [5.74, 6) is 0.0720. The molecule has 0 radical (unpaired) electrons. The molecule has 0 bridgehead atoms. The van der Waals surface area contributed by atoms with E-state index in [1.54, 1.807) is 6.92 Å². The second-order valence-corrected chi connectivity index (χ2v) is 5.03. The first-order valence-corrected chi connectivity index (χ1v) is 6.74. The molecule has 102 valence electrons. The molecule has 5 nitrogen and oxygen atoms in total. The van der Waals surface area contributed by atoms with E-state index in [1.165, 1.54) is 18.7 Å². The van der Waals surface area contributed by atoms with Gasteiger partial charge in [0.1, 0.15) is 12.1 Å². The van der Waals surface area contributed by atoms with E-state index >= 15 is 0 Å². The SMILES string of the molecule is CC(=O)CC1CCCCCN1C(=O)c1cncnc1. The van der Waals surface area contributed by atoms with Crippen molar-refractivity contribution in [3.63, 3.8) is 0 Å². The van der Waals surface area contributed by atoms with Gasteiger partial charge in [0.05, 0.1) is 5.56 Å². The quantitative estimate of drug-likeness (QED) is 0.833. The summed E-state index contributed by atoms with van der Waals surface area (Å²) in [7, 11) is 0. The summed E-state index contributed by atoms with van der Waals surface area (Å²) in [6.45, 7) is 2.30. The van der Waals surface area contributed by atoms with Gasteiger partial charge in [-0.05, 0) is 19.8 Å². The highest BCUT2D eigenvalue weighted by molar-refractivity contribution is 5.94. The molecule has 1 aliphatic heterocycles. The van der Waals surface area contributed by atoms with Crippen LogP contribution >= 0.6 is 0 Å². The fraction of sp³-hybridized carbons (Fsp3) is 0.571. The van der Waals surface area contributed by atoms with Crippen LogP contribution in [0.4, 0.5) is 0 Å². The van der Waals surface area contributed by atoms with E-state index in [9.17, 15) is 9.59 Å². The number of aromatic nitrogens is 2. The average Bonchev–Trinajstić information content (AvgIpc) is 2.64. The zero-order valence-corrected chi connectivity index (χ0v) is 11.2. The number of Topliss-reactive ketones (excluding diaryl/α,β-unsaturated/α-hetero) is 1. The Labute approximate surface area is 113 Å². The molecule has 2 heterocycles. The highest BCUT2D eigenvalue weighted by atomic mass is 16.2. The van der Waals surface area contributed by atoms with Crippen LogP contribution in [0.2, 0.25) is 0 Å². The van der Waals surface area contributed by atoms with Crippen molar-refractivity contribution in [2.75, 3.05) is 6.54 Å². The van der Waals surface area contributed by atoms with Crippen LogP contribution in [-0.2, 0) is 4.79 Å². The van der Waals surface area contributed by atoms with Crippen molar-refractivity contribution in [2.45, 2.75) is 45.1 Å². The highest BCUT2D eigenvalue weighted by Gasteiger charge is 2.27. The van der Waals surface area contributed by atoms with Gasteiger partial charge < -0.3 is 4.90 Å². The number of amides is 1. The largest absolute Gasteiger partial charge is 0.335 e. The van der Waals surface area contributed by atoms with Gasteiger partial charge in [0.25, 0.3) is 5.91 Å². The molecule has 1 aromatic rings. The van der Waals surface area contributed by atoms with Gasteiger partial charge in [0.2, 0.25) is 0 Å². The van der Waals surface area contributed by atoms with E-state index in [2.05, 4.69) is 9.97 Å². The van der Waals surface area contributed by atoms with Crippen LogP contribution in [-0.4, -0.2) is 39.1 Å². The van der Waals surface area contributed by atoms with Crippen molar-refractivity contribution in [1.82, 2.24) is 14.9 Å². The first kappa shape index (κ1) is 13.6. The van der Waals surface area contributed by atoms with Crippen molar-refractivity contribution >= 4 is 11.7 Å². The number of likely N-dealkylation sites (tertiary alicyclic amines) is 1. The molecular weight excluding hydrogens is 242 g/mol. The minimum Gasteiger partial charge on any atom is -0.335 e. The third-order valence-electron chi connectivity index (χ3n) is 3.47. The Hall–Kier alpha value is -1.78. The molecule has 1 amide bonds. The van der Waals surface area contributed by atoms with E-state index < -0.39 is 0 Å². The lowest BCUT2D eigenvalue weighted by Gasteiger charge is -2.29. The molecule has 1 aromatic heterocycles. The Morgan fingerprint density at radius 1 is 1.26 bits per heavy atom. The molecule has 1 atom stereocenters. The summed E-state index contributed by atoms with van der Waals surface area (Å²) >= 11 is 0. The molecule has 0 aromatic carbocycles. The predicted octanol–water partition coefficient (Wildman–Crippen LogP) is 1.84. The Bertz CT molecular complexity index is 447. The van der Waals surface area contributed by atoms with Gasteiger partial charge in [-0.1, -0.05) is 12.8 Å². The molecule has 5 heteroatoms. The Balaban J connectivity index is 2.17. The third kappa shape index (κ3) is 3.59. The second kappa shape index (κ2) is 6.41. The summed E-state index contributed by atoms with van der Waals surface area (Å²) in [6, 6.07) is 0.0210. The van der Waals surface area contributed by atoms with E-state index in [1.807, 2.05) is 4.90 Å². The number of rotatable bonds is 3. The molecule has 1 fully saturated rings.